The Kier molecular flexibility index (Phi) is 7.02. The van der Waals surface area contributed by atoms with Crippen molar-refractivity contribution in [2.24, 2.45) is 0 Å². The zero-order chi connectivity index (χ0) is 24.4. The number of aryl methyl sites for hydroxylation is 1. The Balaban J connectivity index is 2.17. The first-order valence-corrected chi connectivity index (χ1v) is 10.5. The van der Waals surface area contributed by atoms with Gasteiger partial charge in [-0.1, -0.05) is 12.1 Å². The van der Waals surface area contributed by atoms with Crippen LogP contribution in [-0.2, 0) is 14.3 Å². The number of aromatic nitrogens is 1. The van der Waals surface area contributed by atoms with Gasteiger partial charge in [-0.15, -0.1) is 0 Å². The number of Topliss-reactive ketones (excluding diaryl/α,β-unsaturated/α-hetero) is 1. The molecule has 2 N–H and O–H groups in total. The van der Waals surface area contributed by atoms with Gasteiger partial charge in [-0.2, -0.15) is 0 Å². The molecular weight excluding hydrogens is 429 g/mol. The van der Waals surface area contributed by atoms with Crippen molar-refractivity contribution in [1.29, 1.82) is 0 Å². The van der Waals surface area contributed by atoms with E-state index >= 15 is 0 Å². The van der Waals surface area contributed by atoms with Gasteiger partial charge in [-0.3, -0.25) is 9.59 Å². The van der Waals surface area contributed by atoms with E-state index in [2.05, 4.69) is 4.98 Å². The third-order valence-electron chi connectivity index (χ3n) is 5.79. The number of aliphatic hydroxyl groups excluding tert-OH is 1. The number of aliphatic hydroxyl groups is 1. The molecule has 0 spiro atoms. The molecule has 33 heavy (non-hydrogen) atoms. The summed E-state index contributed by atoms with van der Waals surface area (Å²) >= 11 is 0. The number of carbonyl (C=O) groups is 3. The molecule has 1 aromatic carbocycles. The second-order valence-corrected chi connectivity index (χ2v) is 8.32. The van der Waals surface area contributed by atoms with Gasteiger partial charge in [0.1, 0.15) is 17.3 Å². The number of aromatic amines is 1. The number of halogens is 1. The number of likely N-dealkylation sites (tertiary alicyclic amines) is 1. The molecule has 0 saturated carbocycles. The highest BCUT2D eigenvalue weighted by molar-refractivity contribution is 6.46. The highest BCUT2D eigenvalue weighted by Crippen LogP contribution is 2.41. The number of hydrogen-bond donors (Lipinski definition) is 2. The Labute approximate surface area is 191 Å². The fourth-order valence-corrected chi connectivity index (χ4v) is 4.21. The fraction of sp³-hybridized carbons (Fsp3) is 0.375. The minimum atomic E-state index is -0.886. The van der Waals surface area contributed by atoms with Gasteiger partial charge in [0.25, 0.3) is 11.7 Å². The van der Waals surface area contributed by atoms with Gasteiger partial charge in [-0.05, 0) is 64.2 Å². The van der Waals surface area contributed by atoms with E-state index in [0.717, 1.165) is 0 Å². The number of ketones is 1. The average Bonchev–Trinajstić information content (AvgIpc) is 3.20. The summed E-state index contributed by atoms with van der Waals surface area (Å²) in [6, 6.07) is 4.60. The summed E-state index contributed by atoms with van der Waals surface area (Å²) in [5.74, 6) is -3.02. The van der Waals surface area contributed by atoms with Crippen LogP contribution in [0.2, 0.25) is 0 Å². The predicted octanol–water partition coefficient (Wildman–Crippen LogP) is 2.93. The fourth-order valence-electron chi connectivity index (χ4n) is 4.21. The first kappa shape index (κ1) is 24.2. The number of H-pyrrole nitrogens is 1. The summed E-state index contributed by atoms with van der Waals surface area (Å²) in [7, 11) is 5.05. The lowest BCUT2D eigenvalue weighted by Crippen LogP contribution is -2.32. The van der Waals surface area contributed by atoms with Gasteiger partial charge in [0.05, 0.1) is 18.7 Å². The topological polar surface area (TPSA) is 103 Å². The van der Waals surface area contributed by atoms with Crippen molar-refractivity contribution >= 4 is 23.4 Å². The maximum absolute atomic E-state index is 13.6. The van der Waals surface area contributed by atoms with Crippen molar-refractivity contribution in [3.63, 3.8) is 0 Å². The predicted molar refractivity (Wildman–Crippen MR) is 120 cm³/mol. The smallest absolute Gasteiger partial charge is 0.354 e. The summed E-state index contributed by atoms with van der Waals surface area (Å²) in [6.07, 6.45) is 0.604. The first-order valence-electron chi connectivity index (χ1n) is 10.5. The lowest BCUT2D eigenvalue weighted by molar-refractivity contribution is -0.139. The molecule has 1 aliphatic rings. The number of nitrogens with zero attached hydrogens (tertiary/aromatic N) is 2. The van der Waals surface area contributed by atoms with Gasteiger partial charge < -0.3 is 24.6 Å². The van der Waals surface area contributed by atoms with Gasteiger partial charge in [0.15, 0.2) is 0 Å². The molecule has 0 aliphatic carbocycles. The lowest BCUT2D eigenvalue weighted by Gasteiger charge is -2.26. The Morgan fingerprint density at radius 2 is 1.85 bits per heavy atom. The molecule has 1 unspecified atom stereocenters. The Hall–Kier alpha value is -3.46. The molecule has 1 saturated heterocycles. The lowest BCUT2D eigenvalue weighted by atomic mass is 9.94. The minimum Gasteiger partial charge on any atom is -0.507 e. The molecular formula is C24H28FN3O5. The van der Waals surface area contributed by atoms with Crippen molar-refractivity contribution in [2.45, 2.75) is 26.3 Å². The zero-order valence-corrected chi connectivity index (χ0v) is 19.4. The molecule has 2 aromatic rings. The van der Waals surface area contributed by atoms with Crippen LogP contribution in [0.3, 0.4) is 0 Å². The van der Waals surface area contributed by atoms with Crippen LogP contribution in [0.4, 0.5) is 4.39 Å². The minimum absolute atomic E-state index is 0.0990. The van der Waals surface area contributed by atoms with Crippen LogP contribution >= 0.6 is 0 Å². The summed E-state index contributed by atoms with van der Waals surface area (Å²) in [5.41, 5.74) is 1.65. The number of ether oxygens (including phenoxy) is 1. The molecule has 1 amide bonds. The maximum Gasteiger partial charge on any atom is 0.354 e. The van der Waals surface area contributed by atoms with Crippen molar-refractivity contribution in [3.8, 4) is 0 Å². The molecule has 1 atom stereocenters. The number of rotatable bonds is 7. The Bertz CT molecular complexity index is 1120. The monoisotopic (exact) mass is 457 g/mol. The van der Waals surface area contributed by atoms with Gasteiger partial charge in [0, 0.05) is 17.8 Å². The first-order chi connectivity index (χ1) is 15.6. The number of esters is 1. The van der Waals surface area contributed by atoms with Crippen LogP contribution in [0.25, 0.3) is 5.76 Å². The van der Waals surface area contributed by atoms with Gasteiger partial charge in [-0.25, -0.2) is 9.18 Å². The average molecular weight is 458 g/mol. The molecule has 3 rings (SSSR count). The van der Waals surface area contributed by atoms with E-state index in [1.807, 2.05) is 19.0 Å². The molecule has 0 radical (unpaired) electrons. The number of nitrogens with one attached hydrogen (secondary N) is 1. The zero-order valence-electron chi connectivity index (χ0n) is 19.4. The van der Waals surface area contributed by atoms with Crippen molar-refractivity contribution in [1.82, 2.24) is 14.8 Å². The highest BCUT2D eigenvalue weighted by atomic mass is 19.1. The molecule has 8 nitrogen and oxygen atoms in total. The van der Waals surface area contributed by atoms with Crippen LogP contribution < -0.4 is 0 Å². The molecule has 2 heterocycles. The van der Waals surface area contributed by atoms with Crippen LogP contribution in [0.5, 0.6) is 0 Å². The van der Waals surface area contributed by atoms with E-state index in [-0.39, 0.29) is 29.1 Å². The van der Waals surface area contributed by atoms with Crippen LogP contribution in [-0.4, -0.2) is 71.8 Å². The summed E-state index contributed by atoms with van der Waals surface area (Å²) in [6.45, 7) is 4.23. The molecule has 1 aliphatic heterocycles. The highest BCUT2D eigenvalue weighted by Gasteiger charge is 2.46. The second kappa shape index (κ2) is 9.58. The van der Waals surface area contributed by atoms with Crippen molar-refractivity contribution in [3.05, 3.63) is 63.7 Å². The third-order valence-corrected chi connectivity index (χ3v) is 5.79. The summed E-state index contributed by atoms with van der Waals surface area (Å²) in [4.78, 5) is 44.4. The van der Waals surface area contributed by atoms with Crippen LogP contribution in [0.15, 0.2) is 29.8 Å². The number of amides is 1. The number of methoxy groups -OCH3 is 1. The standard InChI is InChI=1S/C24H28FN3O5/c1-13-17(14(2)26-19(13)24(32)33-5)21(29)18-20(15-7-9-16(25)10-8-15)28(23(31)22(18)30)12-6-11-27(3)4/h7-10,20,26,29H,6,11-12H2,1-5H3/b21-18-. The molecule has 176 valence electrons. The van der Waals surface area contributed by atoms with E-state index in [1.54, 1.807) is 13.8 Å². The van der Waals surface area contributed by atoms with Crippen molar-refractivity contribution < 1.29 is 28.6 Å². The molecule has 0 bridgehead atoms. The third kappa shape index (κ3) is 4.54. The number of hydrogen-bond acceptors (Lipinski definition) is 6. The van der Waals surface area contributed by atoms with E-state index in [1.165, 1.54) is 36.3 Å². The van der Waals surface area contributed by atoms with Crippen molar-refractivity contribution in [2.75, 3.05) is 34.3 Å². The number of benzene rings is 1. The molecule has 1 fully saturated rings. The van der Waals surface area contributed by atoms with Crippen LogP contribution in [0, 0.1) is 19.7 Å². The van der Waals surface area contributed by atoms with Crippen LogP contribution in [0.1, 0.15) is 45.3 Å². The van der Waals surface area contributed by atoms with E-state index in [0.29, 0.717) is 29.8 Å². The normalized spacial score (nSPS) is 17.8. The SMILES string of the molecule is COC(=O)c1[nH]c(C)c(/C(O)=C2/C(=O)C(=O)N(CCCN(C)C)C2c2ccc(F)cc2)c1C. The largest absolute Gasteiger partial charge is 0.507 e. The Morgan fingerprint density at radius 3 is 2.42 bits per heavy atom. The van der Waals surface area contributed by atoms with E-state index < -0.39 is 29.5 Å². The number of carbonyl (C=O) groups excluding carboxylic acids is 3. The quantitative estimate of drug-likeness (QED) is 0.287. The van der Waals surface area contributed by atoms with E-state index in [9.17, 15) is 23.9 Å². The van der Waals surface area contributed by atoms with Gasteiger partial charge >= 0.3 is 5.97 Å². The summed E-state index contributed by atoms with van der Waals surface area (Å²) in [5, 5.41) is 11.3. The maximum atomic E-state index is 13.6. The summed E-state index contributed by atoms with van der Waals surface area (Å²) < 4.78 is 18.4. The van der Waals surface area contributed by atoms with Gasteiger partial charge in [0.2, 0.25) is 0 Å². The Morgan fingerprint density at radius 1 is 1.21 bits per heavy atom. The van der Waals surface area contributed by atoms with E-state index in [4.69, 9.17) is 4.74 Å². The molecule has 9 heteroatoms. The second-order valence-electron chi connectivity index (χ2n) is 8.32. The molecule has 1 aromatic heterocycles.